The van der Waals surface area contributed by atoms with E-state index in [-0.39, 0.29) is 23.2 Å². The van der Waals surface area contributed by atoms with Crippen LogP contribution in [-0.4, -0.2) is 38.1 Å². The van der Waals surface area contributed by atoms with Crippen LogP contribution < -0.4 is 10.5 Å². The Morgan fingerprint density at radius 1 is 1.43 bits per heavy atom. The molecule has 0 aromatic carbocycles. The molecule has 0 aliphatic heterocycles. The summed E-state index contributed by atoms with van der Waals surface area (Å²) >= 11 is 0. The van der Waals surface area contributed by atoms with E-state index in [0.717, 1.165) is 12.8 Å². The van der Waals surface area contributed by atoms with Gasteiger partial charge in [0.15, 0.2) is 0 Å². The van der Waals surface area contributed by atoms with E-state index in [4.69, 9.17) is 10.5 Å². The maximum atomic E-state index is 12.2. The van der Waals surface area contributed by atoms with E-state index in [0.29, 0.717) is 12.5 Å². The molecule has 1 saturated carbocycles. The Morgan fingerprint density at radius 2 is 2.13 bits per heavy atom. The number of nitrogens with one attached hydrogen (secondary N) is 1. The molecule has 0 unspecified atom stereocenters. The van der Waals surface area contributed by atoms with Crippen molar-refractivity contribution in [3.05, 3.63) is 18.0 Å². The van der Waals surface area contributed by atoms with Crippen LogP contribution in [0.25, 0.3) is 0 Å². The lowest BCUT2D eigenvalue weighted by molar-refractivity contribution is -0.00176. The molecule has 1 heterocycles. The molecule has 1 aromatic rings. The summed E-state index contributed by atoms with van der Waals surface area (Å²) in [6, 6.07) is 1.27. The van der Waals surface area contributed by atoms with Crippen LogP contribution in [0.1, 0.15) is 43.1 Å². The minimum Gasteiger partial charge on any atom is -0.377 e. The number of rotatable bonds is 7. The van der Waals surface area contributed by atoms with Crippen molar-refractivity contribution in [2.75, 3.05) is 13.2 Å². The first-order chi connectivity index (χ1) is 10.8. The van der Waals surface area contributed by atoms with Gasteiger partial charge in [0.25, 0.3) is 5.91 Å². The minimum atomic E-state index is -3.67. The quantitative estimate of drug-likeness (QED) is 0.721. The monoisotopic (exact) mass is 343 g/mol. The number of nitrogens with two attached hydrogens (primary N) is 1. The van der Waals surface area contributed by atoms with Gasteiger partial charge >= 0.3 is 0 Å². The zero-order valence-electron chi connectivity index (χ0n) is 13.6. The number of hydrogen-bond donors (Lipinski definition) is 2. The summed E-state index contributed by atoms with van der Waals surface area (Å²) in [5.41, 5.74) is 5.34. The van der Waals surface area contributed by atoms with Gasteiger partial charge in [0.05, 0.1) is 12.7 Å². The van der Waals surface area contributed by atoms with Crippen molar-refractivity contribution in [2.24, 2.45) is 18.7 Å². The van der Waals surface area contributed by atoms with Crippen molar-refractivity contribution in [1.82, 2.24) is 9.29 Å². The van der Waals surface area contributed by atoms with Gasteiger partial charge in [-0.15, -0.1) is 0 Å². The van der Waals surface area contributed by atoms with E-state index in [1.54, 1.807) is 7.05 Å². The molecule has 0 saturated heterocycles. The zero-order chi connectivity index (χ0) is 17.0. The van der Waals surface area contributed by atoms with Gasteiger partial charge in [-0.2, -0.15) is 0 Å². The number of primary amides is 1. The second kappa shape index (κ2) is 7.46. The first kappa shape index (κ1) is 18.0. The van der Waals surface area contributed by atoms with Crippen LogP contribution in [0.15, 0.2) is 17.2 Å². The van der Waals surface area contributed by atoms with Crippen LogP contribution in [0, 0.1) is 5.92 Å². The van der Waals surface area contributed by atoms with Gasteiger partial charge in [0.1, 0.15) is 10.6 Å². The third kappa shape index (κ3) is 4.55. The van der Waals surface area contributed by atoms with E-state index in [9.17, 15) is 13.2 Å². The zero-order valence-corrected chi connectivity index (χ0v) is 14.4. The third-order valence-electron chi connectivity index (χ3n) is 4.30. The SMILES string of the molecule is C[C@@H]1CCCC[C@@H]1OCCNS(=O)(=O)c1cc(C(N)=O)n(C)c1. The van der Waals surface area contributed by atoms with Gasteiger partial charge in [-0.1, -0.05) is 19.8 Å². The highest BCUT2D eigenvalue weighted by molar-refractivity contribution is 7.89. The highest BCUT2D eigenvalue weighted by atomic mass is 32.2. The predicted octanol–water partition coefficient (Wildman–Crippen LogP) is 0.998. The molecule has 1 aliphatic carbocycles. The fourth-order valence-corrected chi connectivity index (χ4v) is 4.01. The van der Waals surface area contributed by atoms with Gasteiger partial charge < -0.3 is 15.0 Å². The second-order valence-corrected chi connectivity index (χ2v) is 7.87. The standard InChI is InChI=1S/C15H25N3O4S/c1-11-5-3-4-6-14(11)22-8-7-17-23(20,21)12-9-13(15(16)19)18(2)10-12/h9-11,14,17H,3-8H2,1-2H3,(H2,16,19)/t11-,14+/m1/s1. The molecule has 0 bridgehead atoms. The number of aromatic nitrogens is 1. The normalized spacial score (nSPS) is 22.2. The first-order valence-corrected chi connectivity index (χ1v) is 9.37. The minimum absolute atomic E-state index is 0.0276. The first-order valence-electron chi connectivity index (χ1n) is 7.88. The van der Waals surface area contributed by atoms with Crippen molar-refractivity contribution >= 4 is 15.9 Å². The van der Waals surface area contributed by atoms with E-state index in [1.165, 1.54) is 29.7 Å². The molecule has 8 heteroatoms. The van der Waals surface area contributed by atoms with E-state index >= 15 is 0 Å². The van der Waals surface area contributed by atoms with E-state index < -0.39 is 15.9 Å². The van der Waals surface area contributed by atoms with Crippen molar-refractivity contribution < 1.29 is 17.9 Å². The smallest absolute Gasteiger partial charge is 0.265 e. The molecule has 3 N–H and O–H groups in total. The fraction of sp³-hybridized carbons (Fsp3) is 0.667. The number of ether oxygens (including phenoxy) is 1. The van der Waals surface area contributed by atoms with Crippen LogP contribution >= 0.6 is 0 Å². The molecule has 23 heavy (non-hydrogen) atoms. The molecule has 2 atom stereocenters. The van der Waals surface area contributed by atoms with E-state index in [1.807, 2.05) is 0 Å². The number of carbonyl (C=O) groups is 1. The summed E-state index contributed by atoms with van der Waals surface area (Å²) in [6.45, 7) is 2.71. The van der Waals surface area contributed by atoms with Gasteiger partial charge in [0, 0.05) is 19.8 Å². The van der Waals surface area contributed by atoms with Crippen LogP contribution in [0.3, 0.4) is 0 Å². The van der Waals surface area contributed by atoms with Crippen molar-refractivity contribution in [2.45, 2.75) is 43.6 Å². The van der Waals surface area contributed by atoms with Crippen molar-refractivity contribution in [1.29, 1.82) is 0 Å². The highest BCUT2D eigenvalue weighted by Crippen LogP contribution is 2.26. The Labute approximate surface area is 137 Å². The Bertz CT molecular complexity index is 654. The number of carbonyl (C=O) groups excluding carboxylic acids is 1. The van der Waals surface area contributed by atoms with E-state index in [2.05, 4.69) is 11.6 Å². The average Bonchev–Trinajstić information content (AvgIpc) is 2.88. The van der Waals surface area contributed by atoms with Gasteiger partial charge in [0.2, 0.25) is 10.0 Å². The fourth-order valence-electron chi connectivity index (χ4n) is 2.93. The number of aryl methyl sites for hydroxylation is 1. The van der Waals surface area contributed by atoms with Crippen molar-refractivity contribution in [3.63, 3.8) is 0 Å². The van der Waals surface area contributed by atoms with Crippen LogP contribution in [0.2, 0.25) is 0 Å². The summed E-state index contributed by atoms with van der Waals surface area (Å²) < 4.78 is 34.1. The molecular weight excluding hydrogens is 318 g/mol. The van der Waals surface area contributed by atoms with Crippen LogP contribution in [-0.2, 0) is 21.8 Å². The van der Waals surface area contributed by atoms with Crippen LogP contribution in [0.4, 0.5) is 0 Å². The lowest BCUT2D eigenvalue weighted by atomic mass is 9.88. The molecule has 1 amide bonds. The molecule has 130 valence electrons. The molecule has 0 spiro atoms. The summed E-state index contributed by atoms with van der Waals surface area (Å²) in [7, 11) is -2.09. The molecule has 1 fully saturated rings. The lowest BCUT2D eigenvalue weighted by Gasteiger charge is -2.28. The summed E-state index contributed by atoms with van der Waals surface area (Å²) in [6.07, 6.45) is 6.19. The Morgan fingerprint density at radius 3 is 2.74 bits per heavy atom. The van der Waals surface area contributed by atoms with Gasteiger partial charge in [-0.05, 0) is 24.8 Å². The maximum Gasteiger partial charge on any atom is 0.265 e. The number of hydrogen-bond acceptors (Lipinski definition) is 4. The largest absolute Gasteiger partial charge is 0.377 e. The molecule has 7 nitrogen and oxygen atoms in total. The molecule has 2 rings (SSSR count). The Kier molecular flexibility index (Phi) is 5.83. The molecular formula is C15H25N3O4S. The predicted molar refractivity (Wildman–Crippen MR) is 86.5 cm³/mol. The second-order valence-electron chi connectivity index (χ2n) is 6.10. The summed E-state index contributed by atoms with van der Waals surface area (Å²) in [5.74, 6) is -0.142. The van der Waals surface area contributed by atoms with Gasteiger partial charge in [-0.3, -0.25) is 4.79 Å². The topological polar surface area (TPSA) is 103 Å². The van der Waals surface area contributed by atoms with Gasteiger partial charge in [-0.25, -0.2) is 13.1 Å². The average molecular weight is 343 g/mol. The number of sulfonamides is 1. The Hall–Kier alpha value is -1.38. The summed E-state index contributed by atoms with van der Waals surface area (Å²) in [5, 5.41) is 0. The maximum absolute atomic E-state index is 12.2. The highest BCUT2D eigenvalue weighted by Gasteiger charge is 2.22. The number of amides is 1. The van der Waals surface area contributed by atoms with Crippen LogP contribution in [0.5, 0.6) is 0 Å². The third-order valence-corrected chi connectivity index (χ3v) is 5.73. The molecule has 1 aromatic heterocycles. The summed E-state index contributed by atoms with van der Waals surface area (Å²) in [4.78, 5) is 11.2. The molecule has 0 radical (unpaired) electrons. The molecule has 1 aliphatic rings. The Balaban J connectivity index is 1.86. The van der Waals surface area contributed by atoms with Crippen molar-refractivity contribution in [3.8, 4) is 0 Å². The number of nitrogens with zero attached hydrogens (tertiary/aromatic N) is 1. The lowest BCUT2D eigenvalue weighted by Crippen LogP contribution is -2.31.